The summed E-state index contributed by atoms with van der Waals surface area (Å²) < 4.78 is 13.1. The first-order valence-corrected chi connectivity index (χ1v) is 9.76. The quantitative estimate of drug-likeness (QED) is 0.615. The maximum Gasteiger partial charge on any atom is 0.276 e. The van der Waals surface area contributed by atoms with Crippen molar-refractivity contribution in [1.29, 1.82) is 0 Å². The van der Waals surface area contributed by atoms with Crippen LogP contribution in [0.25, 0.3) is 0 Å². The third-order valence-corrected chi connectivity index (χ3v) is 4.84. The van der Waals surface area contributed by atoms with E-state index in [1.54, 1.807) is 22.8 Å². The van der Waals surface area contributed by atoms with E-state index in [0.29, 0.717) is 18.8 Å². The molecule has 1 aliphatic heterocycles. The van der Waals surface area contributed by atoms with Crippen molar-refractivity contribution in [2.45, 2.75) is 32.0 Å². The Morgan fingerprint density at radius 2 is 1.93 bits per heavy atom. The Labute approximate surface area is 169 Å². The molecule has 3 aromatic rings. The first-order chi connectivity index (χ1) is 14.2. The Morgan fingerprint density at radius 1 is 1.17 bits per heavy atom. The standard InChI is InChI=1S/C22H24N4O3/c1-25(22(27)21-16-26(24-23-21)15-20-8-5-13-28-20)14-17-9-11-19(12-10-17)29-18-6-3-2-4-7-18/h2-4,6-7,9-12,16,20H,5,8,13-15H2,1H3/t20-/m1/s1. The largest absolute Gasteiger partial charge is 0.457 e. The lowest BCUT2D eigenvalue weighted by molar-refractivity contribution is 0.0778. The summed E-state index contributed by atoms with van der Waals surface area (Å²) in [5, 5.41) is 8.09. The summed E-state index contributed by atoms with van der Waals surface area (Å²) in [5.74, 6) is 1.39. The zero-order valence-electron chi connectivity index (χ0n) is 16.4. The maximum absolute atomic E-state index is 12.7. The molecule has 0 N–H and O–H groups in total. The van der Waals surface area contributed by atoms with Gasteiger partial charge in [-0.1, -0.05) is 35.5 Å². The number of ether oxygens (including phenoxy) is 2. The third kappa shape index (κ3) is 5.00. The van der Waals surface area contributed by atoms with Crippen molar-refractivity contribution in [2.75, 3.05) is 13.7 Å². The van der Waals surface area contributed by atoms with Gasteiger partial charge in [0.1, 0.15) is 11.5 Å². The number of hydrogen-bond acceptors (Lipinski definition) is 5. The van der Waals surface area contributed by atoms with E-state index in [4.69, 9.17) is 9.47 Å². The number of para-hydroxylation sites is 1. The molecule has 0 unspecified atom stereocenters. The predicted octanol–water partition coefficient (Wildman–Crippen LogP) is 3.52. The molecule has 0 bridgehead atoms. The summed E-state index contributed by atoms with van der Waals surface area (Å²) in [6.07, 6.45) is 3.95. The second-order valence-electron chi connectivity index (χ2n) is 7.18. The highest BCUT2D eigenvalue weighted by molar-refractivity contribution is 5.91. The van der Waals surface area contributed by atoms with Crippen LogP contribution in [-0.2, 0) is 17.8 Å². The van der Waals surface area contributed by atoms with Crippen LogP contribution in [-0.4, -0.2) is 45.6 Å². The van der Waals surface area contributed by atoms with E-state index in [1.807, 2.05) is 54.6 Å². The van der Waals surface area contributed by atoms with Crippen LogP contribution in [0.2, 0.25) is 0 Å². The molecule has 1 amide bonds. The van der Waals surface area contributed by atoms with Crippen LogP contribution in [0.15, 0.2) is 60.8 Å². The summed E-state index contributed by atoms with van der Waals surface area (Å²) in [5.41, 5.74) is 1.35. The van der Waals surface area contributed by atoms with Crippen molar-refractivity contribution in [1.82, 2.24) is 19.9 Å². The Bertz CT molecular complexity index is 934. The smallest absolute Gasteiger partial charge is 0.276 e. The summed E-state index contributed by atoms with van der Waals surface area (Å²) in [4.78, 5) is 14.3. The fourth-order valence-electron chi connectivity index (χ4n) is 3.31. The summed E-state index contributed by atoms with van der Waals surface area (Å²) >= 11 is 0. The molecule has 2 aromatic carbocycles. The van der Waals surface area contributed by atoms with Gasteiger partial charge in [0.2, 0.25) is 0 Å². The molecule has 1 aliphatic rings. The highest BCUT2D eigenvalue weighted by atomic mass is 16.5. The number of carbonyl (C=O) groups is 1. The molecular formula is C22H24N4O3. The first kappa shape index (κ1) is 19.1. The van der Waals surface area contributed by atoms with Gasteiger partial charge in [0.15, 0.2) is 5.69 Å². The molecule has 1 saturated heterocycles. The molecule has 7 nitrogen and oxygen atoms in total. The molecule has 1 fully saturated rings. The average molecular weight is 392 g/mol. The van der Waals surface area contributed by atoms with E-state index >= 15 is 0 Å². The van der Waals surface area contributed by atoms with Gasteiger partial charge in [-0.2, -0.15) is 0 Å². The topological polar surface area (TPSA) is 69.5 Å². The summed E-state index contributed by atoms with van der Waals surface area (Å²) in [6.45, 7) is 1.90. The summed E-state index contributed by atoms with van der Waals surface area (Å²) in [6, 6.07) is 17.3. The van der Waals surface area contributed by atoms with Gasteiger partial charge in [-0.3, -0.25) is 4.79 Å². The van der Waals surface area contributed by atoms with Gasteiger partial charge in [-0.05, 0) is 42.7 Å². The van der Waals surface area contributed by atoms with Crippen molar-refractivity contribution in [3.8, 4) is 11.5 Å². The highest BCUT2D eigenvalue weighted by Crippen LogP contribution is 2.21. The lowest BCUT2D eigenvalue weighted by Crippen LogP contribution is -2.26. The first-order valence-electron chi connectivity index (χ1n) is 9.76. The Morgan fingerprint density at radius 3 is 2.66 bits per heavy atom. The summed E-state index contributed by atoms with van der Waals surface area (Å²) in [7, 11) is 1.76. The highest BCUT2D eigenvalue weighted by Gasteiger charge is 2.20. The Kier molecular flexibility index (Phi) is 5.86. The van der Waals surface area contributed by atoms with E-state index in [9.17, 15) is 4.79 Å². The fraction of sp³-hybridized carbons (Fsp3) is 0.318. The number of hydrogen-bond donors (Lipinski definition) is 0. The van der Waals surface area contributed by atoms with Gasteiger partial charge in [0.25, 0.3) is 5.91 Å². The van der Waals surface area contributed by atoms with Crippen LogP contribution in [0, 0.1) is 0 Å². The van der Waals surface area contributed by atoms with Gasteiger partial charge in [-0.15, -0.1) is 5.10 Å². The SMILES string of the molecule is CN(Cc1ccc(Oc2ccccc2)cc1)C(=O)c1cn(C[C@H]2CCCO2)nn1. The zero-order chi connectivity index (χ0) is 20.1. The van der Waals surface area contributed by atoms with Crippen LogP contribution in [0.5, 0.6) is 11.5 Å². The van der Waals surface area contributed by atoms with Gasteiger partial charge in [-0.25, -0.2) is 4.68 Å². The van der Waals surface area contributed by atoms with Gasteiger partial charge in [0.05, 0.1) is 18.8 Å². The minimum Gasteiger partial charge on any atom is -0.457 e. The van der Waals surface area contributed by atoms with Crippen LogP contribution >= 0.6 is 0 Å². The number of nitrogens with zero attached hydrogens (tertiary/aromatic N) is 4. The lowest BCUT2D eigenvalue weighted by Gasteiger charge is -2.16. The van der Waals surface area contributed by atoms with Crippen molar-refractivity contribution in [3.63, 3.8) is 0 Å². The van der Waals surface area contributed by atoms with E-state index in [1.165, 1.54) is 0 Å². The van der Waals surface area contributed by atoms with Gasteiger partial charge >= 0.3 is 0 Å². The zero-order valence-corrected chi connectivity index (χ0v) is 16.4. The number of rotatable bonds is 7. The number of carbonyl (C=O) groups excluding carboxylic acids is 1. The van der Waals surface area contributed by atoms with Crippen LogP contribution in [0.3, 0.4) is 0 Å². The number of benzene rings is 2. The molecule has 150 valence electrons. The van der Waals surface area contributed by atoms with Gasteiger partial charge < -0.3 is 14.4 Å². The Balaban J connectivity index is 1.33. The molecule has 0 aliphatic carbocycles. The molecule has 7 heteroatoms. The van der Waals surface area contributed by atoms with Crippen molar-refractivity contribution >= 4 is 5.91 Å². The predicted molar refractivity (Wildman–Crippen MR) is 108 cm³/mol. The molecule has 29 heavy (non-hydrogen) atoms. The molecule has 4 rings (SSSR count). The van der Waals surface area contributed by atoms with Crippen LogP contribution in [0.1, 0.15) is 28.9 Å². The molecule has 0 radical (unpaired) electrons. The normalized spacial score (nSPS) is 16.0. The minimum absolute atomic E-state index is 0.159. The molecule has 0 spiro atoms. The monoisotopic (exact) mass is 392 g/mol. The van der Waals surface area contributed by atoms with Crippen LogP contribution in [0.4, 0.5) is 0 Å². The maximum atomic E-state index is 12.7. The average Bonchev–Trinajstić information content (AvgIpc) is 3.42. The number of aromatic nitrogens is 3. The molecule has 0 saturated carbocycles. The molecule has 1 atom stereocenters. The number of amides is 1. The Hall–Kier alpha value is -3.19. The van der Waals surface area contributed by atoms with Gasteiger partial charge in [0, 0.05) is 20.2 Å². The van der Waals surface area contributed by atoms with E-state index in [0.717, 1.165) is 36.5 Å². The molecule has 1 aromatic heterocycles. The second-order valence-corrected chi connectivity index (χ2v) is 7.18. The third-order valence-electron chi connectivity index (χ3n) is 4.84. The minimum atomic E-state index is -0.159. The second kappa shape index (κ2) is 8.87. The molecular weight excluding hydrogens is 368 g/mol. The van der Waals surface area contributed by atoms with E-state index in [-0.39, 0.29) is 12.0 Å². The van der Waals surface area contributed by atoms with E-state index in [2.05, 4.69) is 10.3 Å². The van der Waals surface area contributed by atoms with Crippen molar-refractivity contribution < 1.29 is 14.3 Å². The van der Waals surface area contributed by atoms with E-state index < -0.39 is 0 Å². The van der Waals surface area contributed by atoms with Crippen molar-refractivity contribution in [2.24, 2.45) is 0 Å². The fourth-order valence-corrected chi connectivity index (χ4v) is 3.31. The lowest BCUT2D eigenvalue weighted by atomic mass is 10.2. The van der Waals surface area contributed by atoms with Crippen molar-refractivity contribution in [3.05, 3.63) is 72.1 Å². The molecule has 2 heterocycles. The van der Waals surface area contributed by atoms with Crippen LogP contribution < -0.4 is 4.74 Å².